The molecule has 114 valence electrons. The molecule has 22 heavy (non-hydrogen) atoms. The highest BCUT2D eigenvalue weighted by molar-refractivity contribution is 5.76. The van der Waals surface area contributed by atoms with E-state index in [2.05, 4.69) is 39.9 Å². The van der Waals surface area contributed by atoms with Gasteiger partial charge in [-0.2, -0.15) is 0 Å². The molecule has 0 spiro atoms. The smallest absolute Gasteiger partial charge is 0.220 e. The molecule has 2 aromatic rings. The Hall–Kier alpha value is -2.20. The zero-order valence-electron chi connectivity index (χ0n) is 12.6. The van der Waals surface area contributed by atoms with Gasteiger partial charge in [0, 0.05) is 30.9 Å². The van der Waals surface area contributed by atoms with Crippen molar-refractivity contribution in [3.63, 3.8) is 0 Å². The van der Waals surface area contributed by atoms with Gasteiger partial charge in [0.1, 0.15) is 0 Å². The molecule has 0 bridgehead atoms. The van der Waals surface area contributed by atoms with Crippen LogP contribution in [0, 0.1) is 0 Å². The van der Waals surface area contributed by atoms with Gasteiger partial charge in [-0.15, -0.1) is 0 Å². The Morgan fingerprint density at radius 1 is 1.23 bits per heavy atom. The topological polar surface area (TPSA) is 54.0 Å². The number of hydrogen-bond donors (Lipinski definition) is 2. The Balaban J connectivity index is 1.50. The van der Waals surface area contributed by atoms with Gasteiger partial charge < -0.3 is 10.6 Å². The van der Waals surface area contributed by atoms with Crippen LogP contribution in [-0.4, -0.2) is 24.0 Å². The molecule has 0 radical (unpaired) electrons. The Bertz CT molecular complexity index is 627. The Kier molecular flexibility index (Phi) is 4.81. The van der Waals surface area contributed by atoms with Crippen molar-refractivity contribution in [3.8, 4) is 0 Å². The van der Waals surface area contributed by atoms with E-state index in [1.54, 1.807) is 6.20 Å². The molecular weight excluding hydrogens is 274 g/mol. The molecule has 3 rings (SSSR count). The van der Waals surface area contributed by atoms with E-state index in [0.29, 0.717) is 19.4 Å². The van der Waals surface area contributed by atoms with Crippen molar-refractivity contribution in [1.82, 2.24) is 15.6 Å². The molecule has 1 atom stereocenters. The van der Waals surface area contributed by atoms with Gasteiger partial charge in [0.25, 0.3) is 0 Å². The fourth-order valence-electron chi connectivity index (χ4n) is 2.87. The van der Waals surface area contributed by atoms with Crippen LogP contribution in [0.1, 0.15) is 29.3 Å². The zero-order valence-corrected chi connectivity index (χ0v) is 12.6. The molecule has 1 amide bonds. The summed E-state index contributed by atoms with van der Waals surface area (Å²) in [6.45, 7) is 1.60. The van der Waals surface area contributed by atoms with Crippen LogP contribution in [-0.2, 0) is 17.6 Å². The SMILES string of the molecule is O=C(CCc1ccccn1)NCC1NCCc2ccccc21. The van der Waals surface area contributed by atoms with Gasteiger partial charge in [-0.3, -0.25) is 9.78 Å². The van der Waals surface area contributed by atoms with Crippen molar-refractivity contribution in [2.24, 2.45) is 0 Å². The molecule has 1 aliphatic heterocycles. The summed E-state index contributed by atoms with van der Waals surface area (Å²) < 4.78 is 0. The number of aryl methyl sites for hydroxylation is 1. The van der Waals surface area contributed by atoms with E-state index in [4.69, 9.17) is 0 Å². The number of rotatable bonds is 5. The Morgan fingerprint density at radius 3 is 2.95 bits per heavy atom. The second kappa shape index (κ2) is 7.18. The number of carbonyl (C=O) groups excluding carboxylic acids is 1. The average molecular weight is 295 g/mol. The monoisotopic (exact) mass is 295 g/mol. The van der Waals surface area contributed by atoms with Crippen molar-refractivity contribution < 1.29 is 4.79 Å². The Morgan fingerprint density at radius 2 is 2.09 bits per heavy atom. The molecule has 2 N–H and O–H groups in total. The minimum Gasteiger partial charge on any atom is -0.354 e. The molecule has 1 aliphatic rings. The molecule has 1 aromatic heterocycles. The third-order valence-electron chi connectivity index (χ3n) is 4.05. The van der Waals surface area contributed by atoms with Gasteiger partial charge in [-0.25, -0.2) is 0 Å². The third kappa shape index (κ3) is 3.71. The molecular formula is C18H21N3O. The predicted octanol–water partition coefficient (Wildman–Crippen LogP) is 2.02. The maximum atomic E-state index is 12.0. The lowest BCUT2D eigenvalue weighted by Crippen LogP contribution is -2.38. The first-order chi connectivity index (χ1) is 10.8. The molecule has 4 heteroatoms. The van der Waals surface area contributed by atoms with Crippen LogP contribution >= 0.6 is 0 Å². The fourth-order valence-corrected chi connectivity index (χ4v) is 2.87. The van der Waals surface area contributed by atoms with Crippen LogP contribution in [0.5, 0.6) is 0 Å². The van der Waals surface area contributed by atoms with Crippen molar-refractivity contribution in [2.75, 3.05) is 13.1 Å². The van der Waals surface area contributed by atoms with Gasteiger partial charge in [0.05, 0.1) is 0 Å². The van der Waals surface area contributed by atoms with Crippen molar-refractivity contribution in [3.05, 3.63) is 65.5 Å². The van der Waals surface area contributed by atoms with E-state index in [1.165, 1.54) is 11.1 Å². The first-order valence-electron chi connectivity index (χ1n) is 7.81. The summed E-state index contributed by atoms with van der Waals surface area (Å²) in [5.74, 6) is 0.0792. The molecule has 1 aromatic carbocycles. The van der Waals surface area contributed by atoms with Crippen LogP contribution < -0.4 is 10.6 Å². The summed E-state index contributed by atoms with van der Waals surface area (Å²) >= 11 is 0. The zero-order chi connectivity index (χ0) is 15.2. The fraction of sp³-hybridized carbons (Fsp3) is 0.333. The molecule has 0 saturated carbocycles. The first-order valence-corrected chi connectivity index (χ1v) is 7.81. The summed E-state index contributed by atoms with van der Waals surface area (Å²) in [5.41, 5.74) is 3.64. The minimum absolute atomic E-state index is 0.0792. The second-order valence-electron chi connectivity index (χ2n) is 5.58. The lowest BCUT2D eigenvalue weighted by Gasteiger charge is -2.27. The maximum absolute atomic E-state index is 12.0. The molecule has 4 nitrogen and oxygen atoms in total. The van der Waals surface area contributed by atoms with E-state index in [0.717, 1.165) is 18.7 Å². The van der Waals surface area contributed by atoms with Gasteiger partial charge >= 0.3 is 0 Å². The van der Waals surface area contributed by atoms with Crippen molar-refractivity contribution in [1.29, 1.82) is 0 Å². The van der Waals surface area contributed by atoms with Crippen molar-refractivity contribution in [2.45, 2.75) is 25.3 Å². The number of carbonyl (C=O) groups is 1. The van der Waals surface area contributed by atoms with Crippen LogP contribution in [0.2, 0.25) is 0 Å². The van der Waals surface area contributed by atoms with Gasteiger partial charge in [-0.1, -0.05) is 30.3 Å². The van der Waals surface area contributed by atoms with E-state index >= 15 is 0 Å². The second-order valence-corrected chi connectivity index (χ2v) is 5.58. The van der Waals surface area contributed by atoms with Crippen LogP contribution in [0.15, 0.2) is 48.7 Å². The largest absolute Gasteiger partial charge is 0.354 e. The highest BCUT2D eigenvalue weighted by atomic mass is 16.1. The standard InChI is InChI=1S/C18H21N3O/c22-18(9-8-15-6-3-4-11-19-15)21-13-17-16-7-2-1-5-14(16)10-12-20-17/h1-7,11,17,20H,8-10,12-13H2,(H,21,22). The number of benzene rings is 1. The predicted molar refractivity (Wildman–Crippen MR) is 86.5 cm³/mol. The molecule has 0 saturated heterocycles. The van der Waals surface area contributed by atoms with Crippen LogP contribution in [0.3, 0.4) is 0 Å². The van der Waals surface area contributed by atoms with E-state index in [-0.39, 0.29) is 11.9 Å². The average Bonchev–Trinajstić information content (AvgIpc) is 2.59. The lowest BCUT2D eigenvalue weighted by molar-refractivity contribution is -0.121. The highest BCUT2D eigenvalue weighted by Crippen LogP contribution is 2.21. The van der Waals surface area contributed by atoms with Crippen LogP contribution in [0.4, 0.5) is 0 Å². The summed E-state index contributed by atoms with van der Waals surface area (Å²) in [7, 11) is 0. The van der Waals surface area contributed by atoms with Crippen molar-refractivity contribution >= 4 is 5.91 Å². The van der Waals surface area contributed by atoms with Gasteiger partial charge in [-0.05, 0) is 42.6 Å². The summed E-state index contributed by atoms with van der Waals surface area (Å²) in [5, 5.41) is 6.51. The number of amides is 1. The first kappa shape index (κ1) is 14.7. The molecule has 0 aliphatic carbocycles. The lowest BCUT2D eigenvalue weighted by atomic mass is 9.94. The molecule has 1 unspecified atom stereocenters. The molecule has 0 fully saturated rings. The summed E-state index contributed by atoms with van der Waals surface area (Å²) in [6.07, 6.45) is 3.98. The normalized spacial score (nSPS) is 16.8. The number of nitrogens with zero attached hydrogens (tertiary/aromatic N) is 1. The summed E-state index contributed by atoms with van der Waals surface area (Å²) in [4.78, 5) is 16.2. The summed E-state index contributed by atoms with van der Waals surface area (Å²) in [6, 6.07) is 14.4. The molecule has 2 heterocycles. The highest BCUT2D eigenvalue weighted by Gasteiger charge is 2.19. The number of hydrogen-bond acceptors (Lipinski definition) is 3. The van der Waals surface area contributed by atoms with Gasteiger partial charge in [0.15, 0.2) is 0 Å². The Labute approximate surface area is 131 Å². The number of nitrogens with one attached hydrogen (secondary N) is 2. The maximum Gasteiger partial charge on any atom is 0.220 e. The quantitative estimate of drug-likeness (QED) is 0.887. The number of fused-ring (bicyclic) bond motifs is 1. The van der Waals surface area contributed by atoms with Gasteiger partial charge in [0.2, 0.25) is 5.91 Å². The van der Waals surface area contributed by atoms with Crippen LogP contribution in [0.25, 0.3) is 0 Å². The van der Waals surface area contributed by atoms with E-state index in [1.807, 2.05) is 18.2 Å². The van der Waals surface area contributed by atoms with E-state index < -0.39 is 0 Å². The van der Waals surface area contributed by atoms with E-state index in [9.17, 15) is 4.79 Å². The number of pyridine rings is 1. The third-order valence-corrected chi connectivity index (χ3v) is 4.05. The number of aromatic nitrogens is 1. The minimum atomic E-state index is 0.0792.